The van der Waals surface area contributed by atoms with E-state index in [-0.39, 0.29) is 22.7 Å². The van der Waals surface area contributed by atoms with Gasteiger partial charge in [-0.15, -0.1) is 10.2 Å². The fraction of sp³-hybridized carbons (Fsp3) is 0.111. The van der Waals surface area contributed by atoms with Gasteiger partial charge in [-0.05, 0) is 36.4 Å². The molecule has 6 nitrogen and oxygen atoms in total. The maximum Gasteiger partial charge on any atom is 0.277 e. The van der Waals surface area contributed by atoms with Gasteiger partial charge in [0, 0.05) is 28.8 Å². The summed E-state index contributed by atoms with van der Waals surface area (Å²) in [5, 5.41) is 11.6. The molecule has 3 rings (SSSR count). The molecule has 0 unspecified atom stereocenters. The number of halogens is 2. The fourth-order valence-corrected chi connectivity index (χ4v) is 3.40. The number of amides is 1. The standard InChI is InChI=1S/C18H13Cl2N3O3S/c1-10(24)21-13-4-2-3-11(7-13)17-22-23-18(26-17)27-9-16(25)14-6-5-12(19)8-15(14)20/h2-8H,9H2,1H3,(H,21,24). The summed E-state index contributed by atoms with van der Waals surface area (Å²) in [7, 11) is 0. The average Bonchev–Trinajstić information content (AvgIpc) is 3.08. The average molecular weight is 422 g/mol. The van der Waals surface area contributed by atoms with Gasteiger partial charge in [0.1, 0.15) is 0 Å². The second-order valence-corrected chi connectivity index (χ2v) is 7.24. The number of ketones is 1. The molecular weight excluding hydrogens is 409 g/mol. The molecule has 0 spiro atoms. The maximum atomic E-state index is 12.3. The Morgan fingerprint density at radius 2 is 1.96 bits per heavy atom. The highest BCUT2D eigenvalue weighted by Gasteiger charge is 2.15. The molecule has 138 valence electrons. The minimum absolute atomic E-state index is 0.0922. The van der Waals surface area contributed by atoms with Crippen LogP contribution in [-0.2, 0) is 4.79 Å². The lowest BCUT2D eigenvalue weighted by Gasteiger charge is -2.03. The summed E-state index contributed by atoms with van der Waals surface area (Å²) in [4.78, 5) is 23.5. The van der Waals surface area contributed by atoms with Crippen molar-refractivity contribution in [2.45, 2.75) is 12.1 Å². The molecule has 1 amide bonds. The lowest BCUT2D eigenvalue weighted by molar-refractivity contribution is -0.114. The Labute approximate surface area is 169 Å². The molecule has 0 saturated carbocycles. The number of rotatable bonds is 6. The van der Waals surface area contributed by atoms with E-state index in [1.165, 1.54) is 13.0 Å². The Kier molecular flexibility index (Phi) is 6.15. The summed E-state index contributed by atoms with van der Waals surface area (Å²) >= 11 is 13.0. The SMILES string of the molecule is CC(=O)Nc1cccc(-c2nnc(SCC(=O)c3ccc(Cl)cc3Cl)o2)c1. The normalized spacial score (nSPS) is 10.6. The van der Waals surface area contributed by atoms with Gasteiger partial charge in [-0.2, -0.15) is 0 Å². The van der Waals surface area contributed by atoms with E-state index in [1.54, 1.807) is 36.4 Å². The predicted molar refractivity (Wildman–Crippen MR) is 106 cm³/mol. The monoisotopic (exact) mass is 421 g/mol. The molecule has 2 aromatic carbocycles. The quantitative estimate of drug-likeness (QED) is 0.446. The third-order valence-corrected chi connectivity index (χ3v) is 4.76. The minimum Gasteiger partial charge on any atom is -0.411 e. The van der Waals surface area contributed by atoms with Crippen molar-refractivity contribution in [3.05, 3.63) is 58.1 Å². The van der Waals surface area contributed by atoms with Gasteiger partial charge in [0.2, 0.25) is 11.8 Å². The third kappa shape index (κ3) is 5.09. The van der Waals surface area contributed by atoms with Gasteiger partial charge in [-0.3, -0.25) is 9.59 Å². The molecule has 1 N–H and O–H groups in total. The van der Waals surface area contributed by atoms with E-state index < -0.39 is 0 Å². The van der Waals surface area contributed by atoms with Crippen LogP contribution in [0.5, 0.6) is 0 Å². The number of anilines is 1. The number of Topliss-reactive ketones (excluding diaryl/α,β-unsaturated/α-hetero) is 1. The first-order valence-corrected chi connectivity index (χ1v) is 9.49. The topological polar surface area (TPSA) is 85.1 Å². The molecule has 9 heteroatoms. The Balaban J connectivity index is 1.67. The number of benzene rings is 2. The zero-order chi connectivity index (χ0) is 19.4. The summed E-state index contributed by atoms with van der Waals surface area (Å²) < 4.78 is 5.59. The van der Waals surface area contributed by atoms with Crippen LogP contribution in [0.2, 0.25) is 10.0 Å². The van der Waals surface area contributed by atoms with E-state index >= 15 is 0 Å². The fourth-order valence-electron chi connectivity index (χ4n) is 2.24. The zero-order valence-corrected chi connectivity index (χ0v) is 16.4. The number of nitrogens with zero attached hydrogens (tertiary/aromatic N) is 2. The van der Waals surface area contributed by atoms with Crippen LogP contribution in [0, 0.1) is 0 Å². The van der Waals surface area contributed by atoms with E-state index in [0.29, 0.717) is 32.8 Å². The van der Waals surface area contributed by atoms with E-state index in [9.17, 15) is 9.59 Å². The van der Waals surface area contributed by atoms with Crippen molar-refractivity contribution < 1.29 is 14.0 Å². The number of carbonyl (C=O) groups is 2. The molecule has 27 heavy (non-hydrogen) atoms. The summed E-state index contributed by atoms with van der Waals surface area (Å²) in [5.74, 6) is 0.0404. The van der Waals surface area contributed by atoms with Gasteiger partial charge < -0.3 is 9.73 Å². The van der Waals surface area contributed by atoms with Crippen LogP contribution in [0.3, 0.4) is 0 Å². The minimum atomic E-state index is -0.173. The van der Waals surface area contributed by atoms with E-state index in [2.05, 4.69) is 15.5 Å². The smallest absolute Gasteiger partial charge is 0.277 e. The van der Waals surface area contributed by atoms with Crippen molar-refractivity contribution in [1.29, 1.82) is 0 Å². The van der Waals surface area contributed by atoms with E-state index in [0.717, 1.165) is 11.8 Å². The summed E-state index contributed by atoms with van der Waals surface area (Å²) in [6, 6.07) is 11.7. The van der Waals surface area contributed by atoms with Crippen molar-refractivity contribution in [3.63, 3.8) is 0 Å². The molecule has 1 aromatic heterocycles. The summed E-state index contributed by atoms with van der Waals surface area (Å²) in [5.41, 5.74) is 1.67. The number of hydrogen-bond donors (Lipinski definition) is 1. The zero-order valence-electron chi connectivity index (χ0n) is 14.0. The first-order valence-electron chi connectivity index (χ1n) is 7.75. The van der Waals surface area contributed by atoms with Crippen LogP contribution in [0.4, 0.5) is 5.69 Å². The van der Waals surface area contributed by atoms with Crippen LogP contribution in [0.15, 0.2) is 52.1 Å². The van der Waals surface area contributed by atoms with Gasteiger partial charge in [-0.1, -0.05) is 41.0 Å². The second kappa shape index (κ2) is 8.56. The Bertz CT molecular complexity index is 1010. The lowest BCUT2D eigenvalue weighted by Crippen LogP contribution is -2.05. The van der Waals surface area contributed by atoms with Crippen LogP contribution in [0.1, 0.15) is 17.3 Å². The van der Waals surface area contributed by atoms with Crippen molar-refractivity contribution >= 4 is 52.3 Å². The highest BCUT2D eigenvalue weighted by Crippen LogP contribution is 2.27. The van der Waals surface area contributed by atoms with Gasteiger partial charge in [-0.25, -0.2) is 0 Å². The number of nitrogens with one attached hydrogen (secondary N) is 1. The molecule has 0 fully saturated rings. The molecule has 0 aliphatic carbocycles. The Hall–Kier alpha value is -2.35. The molecule has 0 atom stereocenters. The molecule has 0 radical (unpaired) electrons. The predicted octanol–water partition coefficient (Wildman–Crippen LogP) is 4.98. The number of hydrogen-bond acceptors (Lipinski definition) is 6. The number of aromatic nitrogens is 2. The largest absolute Gasteiger partial charge is 0.411 e. The van der Waals surface area contributed by atoms with Crippen LogP contribution >= 0.6 is 35.0 Å². The van der Waals surface area contributed by atoms with Gasteiger partial charge in [0.25, 0.3) is 5.22 Å². The summed E-state index contributed by atoms with van der Waals surface area (Å²) in [6.07, 6.45) is 0. The molecule has 3 aromatic rings. The number of thioether (sulfide) groups is 1. The summed E-state index contributed by atoms with van der Waals surface area (Å²) in [6.45, 7) is 1.43. The molecule has 0 bridgehead atoms. The van der Waals surface area contributed by atoms with Crippen molar-refractivity contribution in [2.75, 3.05) is 11.1 Å². The van der Waals surface area contributed by atoms with Crippen molar-refractivity contribution in [1.82, 2.24) is 10.2 Å². The van der Waals surface area contributed by atoms with E-state index in [1.807, 2.05) is 0 Å². The molecule has 0 aliphatic heterocycles. The van der Waals surface area contributed by atoms with Crippen molar-refractivity contribution in [2.24, 2.45) is 0 Å². The van der Waals surface area contributed by atoms with Crippen LogP contribution in [-0.4, -0.2) is 27.6 Å². The van der Waals surface area contributed by atoms with Gasteiger partial charge >= 0.3 is 0 Å². The number of carbonyl (C=O) groups excluding carboxylic acids is 2. The van der Waals surface area contributed by atoms with Crippen molar-refractivity contribution in [3.8, 4) is 11.5 Å². The first kappa shape index (κ1) is 19.4. The highest BCUT2D eigenvalue weighted by molar-refractivity contribution is 7.99. The molecule has 0 saturated heterocycles. The maximum absolute atomic E-state index is 12.3. The molecular formula is C18H13Cl2N3O3S. The van der Waals surface area contributed by atoms with Gasteiger partial charge in [0.05, 0.1) is 10.8 Å². The third-order valence-electron chi connectivity index (χ3n) is 3.39. The van der Waals surface area contributed by atoms with Crippen LogP contribution in [0.25, 0.3) is 11.5 Å². The second-order valence-electron chi connectivity index (χ2n) is 5.47. The Morgan fingerprint density at radius 1 is 1.15 bits per heavy atom. The van der Waals surface area contributed by atoms with Gasteiger partial charge in [0.15, 0.2) is 5.78 Å². The lowest BCUT2D eigenvalue weighted by atomic mass is 10.1. The molecule has 1 heterocycles. The Morgan fingerprint density at radius 3 is 2.70 bits per heavy atom. The first-order chi connectivity index (χ1) is 12.9. The van der Waals surface area contributed by atoms with E-state index in [4.69, 9.17) is 27.6 Å². The van der Waals surface area contributed by atoms with Crippen LogP contribution < -0.4 is 5.32 Å². The highest BCUT2D eigenvalue weighted by atomic mass is 35.5. The molecule has 0 aliphatic rings.